The first-order valence-electron chi connectivity index (χ1n) is 8.83. The van der Waals surface area contributed by atoms with Crippen molar-refractivity contribution in [3.63, 3.8) is 0 Å². The van der Waals surface area contributed by atoms with Gasteiger partial charge in [-0.3, -0.25) is 0 Å². The van der Waals surface area contributed by atoms with Crippen LogP contribution in [0.4, 0.5) is 10.5 Å². The summed E-state index contributed by atoms with van der Waals surface area (Å²) in [7, 11) is 0. The van der Waals surface area contributed by atoms with Crippen molar-refractivity contribution in [2.24, 2.45) is 0 Å². The highest BCUT2D eigenvalue weighted by Crippen LogP contribution is 2.16. The van der Waals surface area contributed by atoms with Gasteiger partial charge >= 0.3 is 6.03 Å². The lowest BCUT2D eigenvalue weighted by molar-refractivity contribution is 0.251. The highest BCUT2D eigenvalue weighted by molar-refractivity contribution is 5.90. The second-order valence-electron chi connectivity index (χ2n) is 6.74. The molecule has 2 amide bonds. The van der Waals surface area contributed by atoms with E-state index in [9.17, 15) is 4.79 Å². The van der Waals surface area contributed by atoms with E-state index in [1.54, 1.807) is 0 Å². The number of hydrogen-bond acceptors (Lipinski definition) is 1. The summed E-state index contributed by atoms with van der Waals surface area (Å²) >= 11 is 0. The minimum absolute atomic E-state index is 0.194. The van der Waals surface area contributed by atoms with E-state index in [4.69, 9.17) is 0 Å². The third-order valence-corrected chi connectivity index (χ3v) is 4.42. The highest BCUT2D eigenvalue weighted by Gasteiger charge is 2.07. The van der Waals surface area contributed by atoms with E-state index in [1.165, 1.54) is 16.7 Å². The number of aryl methyl sites for hydroxylation is 3. The van der Waals surface area contributed by atoms with Crippen molar-refractivity contribution in [3.8, 4) is 0 Å². The van der Waals surface area contributed by atoms with Crippen LogP contribution in [0, 0.1) is 20.8 Å². The van der Waals surface area contributed by atoms with Crippen LogP contribution < -0.4 is 10.6 Å². The zero-order valence-electron chi connectivity index (χ0n) is 15.5. The number of anilines is 1. The largest absolute Gasteiger partial charge is 0.345 e. The molecule has 0 aliphatic carbocycles. The molecular weight excluding hydrogens is 322 g/mol. The summed E-state index contributed by atoms with van der Waals surface area (Å²) in [5.41, 5.74) is 6.65. The standard InChI is InChI=1S/C22H25N3O/c1-16-6-4-7-19(13-16)15-25-11-5-8-20(25)14-23-22(26)24-21-10-9-17(2)12-18(21)3/h4-13H,14-15H2,1-3H3,(H2,23,24,26). The molecule has 4 heteroatoms. The van der Waals surface area contributed by atoms with E-state index in [0.717, 1.165) is 23.5 Å². The molecule has 1 heterocycles. The quantitative estimate of drug-likeness (QED) is 0.685. The van der Waals surface area contributed by atoms with Gasteiger partial charge in [-0.05, 0) is 50.1 Å². The van der Waals surface area contributed by atoms with Crippen molar-refractivity contribution >= 4 is 11.7 Å². The van der Waals surface area contributed by atoms with Gasteiger partial charge in [0, 0.05) is 24.1 Å². The first-order chi connectivity index (χ1) is 12.5. The molecule has 3 rings (SSSR count). The van der Waals surface area contributed by atoms with Gasteiger partial charge < -0.3 is 15.2 Å². The predicted molar refractivity (Wildman–Crippen MR) is 106 cm³/mol. The fourth-order valence-corrected chi connectivity index (χ4v) is 3.06. The number of carbonyl (C=O) groups excluding carboxylic acids is 1. The van der Waals surface area contributed by atoms with E-state index >= 15 is 0 Å². The number of nitrogens with one attached hydrogen (secondary N) is 2. The van der Waals surface area contributed by atoms with Crippen LogP contribution in [0.1, 0.15) is 27.9 Å². The van der Waals surface area contributed by atoms with E-state index < -0.39 is 0 Å². The van der Waals surface area contributed by atoms with Gasteiger partial charge in [-0.2, -0.15) is 0 Å². The lowest BCUT2D eigenvalue weighted by Gasteiger charge is -2.13. The van der Waals surface area contributed by atoms with Crippen LogP contribution in [0.3, 0.4) is 0 Å². The zero-order valence-corrected chi connectivity index (χ0v) is 15.5. The molecule has 134 valence electrons. The second kappa shape index (κ2) is 7.91. The Kier molecular flexibility index (Phi) is 5.42. The monoisotopic (exact) mass is 347 g/mol. The second-order valence-corrected chi connectivity index (χ2v) is 6.74. The topological polar surface area (TPSA) is 46.1 Å². The Morgan fingerprint density at radius 2 is 1.77 bits per heavy atom. The summed E-state index contributed by atoms with van der Waals surface area (Å²) < 4.78 is 2.16. The Morgan fingerprint density at radius 1 is 0.962 bits per heavy atom. The third kappa shape index (κ3) is 4.54. The molecule has 0 aliphatic heterocycles. The molecule has 0 unspecified atom stereocenters. The SMILES string of the molecule is Cc1cccc(Cn2cccc2CNC(=O)Nc2ccc(C)cc2C)c1. The summed E-state index contributed by atoms with van der Waals surface area (Å²) in [5, 5.41) is 5.86. The fourth-order valence-electron chi connectivity index (χ4n) is 3.06. The van der Waals surface area contributed by atoms with E-state index in [1.807, 2.05) is 44.3 Å². The minimum atomic E-state index is -0.194. The van der Waals surface area contributed by atoms with Crippen molar-refractivity contribution in [3.05, 3.63) is 88.7 Å². The Hall–Kier alpha value is -3.01. The van der Waals surface area contributed by atoms with Gasteiger partial charge in [0.05, 0.1) is 6.54 Å². The Balaban J connectivity index is 1.60. The molecule has 0 fully saturated rings. The van der Waals surface area contributed by atoms with Crippen LogP contribution >= 0.6 is 0 Å². The van der Waals surface area contributed by atoms with Gasteiger partial charge in [0.25, 0.3) is 0 Å². The zero-order chi connectivity index (χ0) is 18.5. The summed E-state index contributed by atoms with van der Waals surface area (Å²) in [6, 6.07) is 18.3. The Labute approximate surface area is 154 Å². The molecule has 2 N–H and O–H groups in total. The number of carbonyl (C=O) groups is 1. The number of nitrogens with zero attached hydrogens (tertiary/aromatic N) is 1. The van der Waals surface area contributed by atoms with Gasteiger partial charge in [0.2, 0.25) is 0 Å². The van der Waals surface area contributed by atoms with Crippen molar-refractivity contribution in [2.75, 3.05) is 5.32 Å². The Bertz CT molecular complexity index is 911. The third-order valence-electron chi connectivity index (χ3n) is 4.42. The fraction of sp³-hybridized carbons (Fsp3) is 0.227. The maximum atomic E-state index is 12.2. The van der Waals surface area contributed by atoms with Crippen molar-refractivity contribution < 1.29 is 4.79 Å². The molecule has 0 saturated heterocycles. The molecule has 4 nitrogen and oxygen atoms in total. The minimum Gasteiger partial charge on any atom is -0.345 e. The molecule has 0 spiro atoms. The van der Waals surface area contributed by atoms with Gasteiger partial charge in [0.15, 0.2) is 0 Å². The first kappa shape index (κ1) is 17.8. The summed E-state index contributed by atoms with van der Waals surface area (Å²) in [6.07, 6.45) is 2.04. The molecule has 0 aliphatic rings. The molecule has 0 atom stereocenters. The summed E-state index contributed by atoms with van der Waals surface area (Å²) in [5.74, 6) is 0. The maximum Gasteiger partial charge on any atom is 0.319 e. The number of urea groups is 1. The van der Waals surface area contributed by atoms with Crippen LogP contribution in [0.2, 0.25) is 0 Å². The number of rotatable bonds is 5. The average molecular weight is 347 g/mol. The van der Waals surface area contributed by atoms with Gasteiger partial charge in [-0.25, -0.2) is 4.79 Å². The van der Waals surface area contributed by atoms with E-state index in [-0.39, 0.29) is 6.03 Å². The van der Waals surface area contributed by atoms with E-state index in [2.05, 4.69) is 52.5 Å². The number of amides is 2. The van der Waals surface area contributed by atoms with E-state index in [0.29, 0.717) is 6.54 Å². The Morgan fingerprint density at radius 3 is 2.54 bits per heavy atom. The molecule has 3 aromatic rings. The molecule has 0 bridgehead atoms. The predicted octanol–water partition coefficient (Wildman–Crippen LogP) is 4.78. The lowest BCUT2D eigenvalue weighted by Crippen LogP contribution is -2.29. The van der Waals surface area contributed by atoms with Crippen LogP contribution in [0.25, 0.3) is 0 Å². The van der Waals surface area contributed by atoms with Crippen LogP contribution in [0.5, 0.6) is 0 Å². The smallest absolute Gasteiger partial charge is 0.319 e. The van der Waals surface area contributed by atoms with Crippen molar-refractivity contribution in [2.45, 2.75) is 33.9 Å². The average Bonchev–Trinajstić information content (AvgIpc) is 3.03. The van der Waals surface area contributed by atoms with Gasteiger partial charge in [0.1, 0.15) is 0 Å². The normalized spacial score (nSPS) is 10.6. The van der Waals surface area contributed by atoms with Crippen LogP contribution in [-0.4, -0.2) is 10.6 Å². The number of aromatic nitrogens is 1. The first-order valence-corrected chi connectivity index (χ1v) is 8.83. The van der Waals surface area contributed by atoms with Gasteiger partial charge in [-0.15, -0.1) is 0 Å². The molecule has 0 radical (unpaired) electrons. The number of benzene rings is 2. The summed E-state index contributed by atoms with van der Waals surface area (Å²) in [6.45, 7) is 7.41. The van der Waals surface area contributed by atoms with Crippen molar-refractivity contribution in [1.29, 1.82) is 0 Å². The number of hydrogen-bond donors (Lipinski definition) is 2. The van der Waals surface area contributed by atoms with Crippen LogP contribution in [0.15, 0.2) is 60.8 Å². The molecule has 26 heavy (non-hydrogen) atoms. The lowest BCUT2D eigenvalue weighted by atomic mass is 10.1. The van der Waals surface area contributed by atoms with Crippen LogP contribution in [-0.2, 0) is 13.1 Å². The molecule has 1 aromatic heterocycles. The summed E-state index contributed by atoms with van der Waals surface area (Å²) in [4.78, 5) is 12.2. The molecule has 2 aromatic carbocycles. The highest BCUT2D eigenvalue weighted by atomic mass is 16.2. The van der Waals surface area contributed by atoms with Crippen molar-refractivity contribution in [1.82, 2.24) is 9.88 Å². The maximum absolute atomic E-state index is 12.2. The molecular formula is C22H25N3O. The molecule has 0 saturated carbocycles. The van der Waals surface area contributed by atoms with Gasteiger partial charge in [-0.1, -0.05) is 47.5 Å².